The average molecular weight is 233 g/mol. The predicted molar refractivity (Wildman–Crippen MR) is 56.3 cm³/mol. The second kappa shape index (κ2) is 6.55. The highest BCUT2D eigenvalue weighted by atomic mass is 19.3. The van der Waals surface area contributed by atoms with E-state index in [0.717, 1.165) is 4.57 Å². The van der Waals surface area contributed by atoms with E-state index in [1.807, 2.05) is 13.8 Å². The summed E-state index contributed by atoms with van der Waals surface area (Å²) >= 11 is 0. The van der Waals surface area contributed by atoms with Crippen LogP contribution in [0, 0.1) is 0 Å². The minimum atomic E-state index is -2.54. The SMILES string of the molecule is CCOCC(C)NCc1nccn1C(F)F. The highest BCUT2D eigenvalue weighted by Crippen LogP contribution is 2.11. The molecule has 16 heavy (non-hydrogen) atoms. The molecule has 0 aliphatic rings. The summed E-state index contributed by atoms with van der Waals surface area (Å²) in [5.74, 6) is 0.332. The number of halogens is 2. The molecule has 0 radical (unpaired) electrons. The zero-order valence-corrected chi connectivity index (χ0v) is 9.49. The Hall–Kier alpha value is -1.01. The molecule has 1 rings (SSSR count). The molecule has 0 aliphatic heterocycles. The Labute approximate surface area is 93.6 Å². The van der Waals surface area contributed by atoms with Gasteiger partial charge in [-0.2, -0.15) is 8.78 Å². The molecule has 6 heteroatoms. The van der Waals surface area contributed by atoms with Gasteiger partial charge in [-0.1, -0.05) is 0 Å². The van der Waals surface area contributed by atoms with Gasteiger partial charge in [-0.3, -0.25) is 4.57 Å². The Morgan fingerprint density at radius 1 is 1.56 bits per heavy atom. The van der Waals surface area contributed by atoms with Gasteiger partial charge in [0.15, 0.2) is 0 Å². The van der Waals surface area contributed by atoms with Gasteiger partial charge in [-0.05, 0) is 13.8 Å². The highest BCUT2D eigenvalue weighted by molar-refractivity contribution is 4.92. The Morgan fingerprint density at radius 2 is 2.31 bits per heavy atom. The Balaban J connectivity index is 2.39. The summed E-state index contributed by atoms with van der Waals surface area (Å²) in [7, 11) is 0. The van der Waals surface area contributed by atoms with Gasteiger partial charge in [0.2, 0.25) is 0 Å². The number of rotatable bonds is 7. The molecule has 0 aliphatic carbocycles. The molecule has 0 spiro atoms. The van der Waals surface area contributed by atoms with E-state index in [1.54, 1.807) is 0 Å². The Bertz CT molecular complexity index is 304. The van der Waals surface area contributed by atoms with Crippen molar-refractivity contribution in [3.8, 4) is 0 Å². The summed E-state index contributed by atoms with van der Waals surface area (Å²) in [6, 6.07) is 0.114. The van der Waals surface area contributed by atoms with Crippen LogP contribution in [-0.4, -0.2) is 28.8 Å². The van der Waals surface area contributed by atoms with Crippen LogP contribution in [0.2, 0.25) is 0 Å². The van der Waals surface area contributed by atoms with Crippen LogP contribution in [0.15, 0.2) is 12.4 Å². The van der Waals surface area contributed by atoms with Crippen molar-refractivity contribution in [2.75, 3.05) is 13.2 Å². The molecular weight excluding hydrogens is 216 g/mol. The molecule has 1 heterocycles. The van der Waals surface area contributed by atoms with Crippen molar-refractivity contribution in [3.05, 3.63) is 18.2 Å². The number of ether oxygens (including phenoxy) is 1. The summed E-state index contributed by atoms with van der Waals surface area (Å²) in [6.45, 7) is 2.83. The first-order valence-corrected chi connectivity index (χ1v) is 5.26. The van der Waals surface area contributed by atoms with Crippen LogP contribution in [-0.2, 0) is 11.3 Å². The van der Waals surface area contributed by atoms with Crippen LogP contribution >= 0.6 is 0 Å². The van der Waals surface area contributed by atoms with Crippen LogP contribution in [0.5, 0.6) is 0 Å². The van der Waals surface area contributed by atoms with Crippen molar-refractivity contribution >= 4 is 0 Å². The van der Waals surface area contributed by atoms with Crippen LogP contribution < -0.4 is 5.32 Å². The number of alkyl halides is 2. The van der Waals surface area contributed by atoms with E-state index in [4.69, 9.17) is 4.74 Å². The Morgan fingerprint density at radius 3 is 2.94 bits per heavy atom. The van der Waals surface area contributed by atoms with Crippen molar-refractivity contribution in [3.63, 3.8) is 0 Å². The number of hydrogen-bond acceptors (Lipinski definition) is 3. The maximum Gasteiger partial charge on any atom is 0.319 e. The normalized spacial score (nSPS) is 13.3. The van der Waals surface area contributed by atoms with Gasteiger partial charge >= 0.3 is 6.55 Å². The number of aromatic nitrogens is 2. The predicted octanol–water partition coefficient (Wildman–Crippen LogP) is 1.79. The lowest BCUT2D eigenvalue weighted by Gasteiger charge is -2.14. The fraction of sp³-hybridized carbons (Fsp3) is 0.700. The van der Waals surface area contributed by atoms with E-state index < -0.39 is 6.55 Å². The number of imidazole rings is 1. The van der Waals surface area contributed by atoms with Gasteiger partial charge in [0.05, 0.1) is 13.2 Å². The summed E-state index contributed by atoms with van der Waals surface area (Å²) in [5, 5.41) is 3.07. The molecule has 0 bridgehead atoms. The largest absolute Gasteiger partial charge is 0.380 e. The first-order chi connectivity index (χ1) is 7.65. The van der Waals surface area contributed by atoms with Gasteiger partial charge in [-0.25, -0.2) is 4.98 Å². The van der Waals surface area contributed by atoms with E-state index in [0.29, 0.717) is 25.6 Å². The van der Waals surface area contributed by atoms with Gasteiger partial charge in [0.1, 0.15) is 5.82 Å². The van der Waals surface area contributed by atoms with E-state index in [2.05, 4.69) is 10.3 Å². The van der Waals surface area contributed by atoms with Crippen LogP contribution in [0.25, 0.3) is 0 Å². The second-order valence-electron chi connectivity index (χ2n) is 3.47. The molecular formula is C10H17F2N3O. The third kappa shape index (κ3) is 3.86. The molecule has 92 valence electrons. The summed E-state index contributed by atoms with van der Waals surface area (Å²) in [6.07, 6.45) is 2.64. The smallest absolute Gasteiger partial charge is 0.319 e. The summed E-state index contributed by atoms with van der Waals surface area (Å²) in [4.78, 5) is 3.87. The lowest BCUT2D eigenvalue weighted by molar-refractivity contribution is 0.0660. The minimum absolute atomic E-state index is 0.114. The summed E-state index contributed by atoms with van der Waals surface area (Å²) in [5.41, 5.74) is 0. The van der Waals surface area contributed by atoms with Gasteiger partial charge < -0.3 is 10.1 Å². The van der Waals surface area contributed by atoms with Crippen molar-refractivity contribution in [2.24, 2.45) is 0 Å². The summed E-state index contributed by atoms with van der Waals surface area (Å²) < 4.78 is 31.0. The molecule has 0 fully saturated rings. The Kier molecular flexibility index (Phi) is 5.34. The molecule has 4 nitrogen and oxygen atoms in total. The highest BCUT2D eigenvalue weighted by Gasteiger charge is 2.11. The molecule has 0 saturated carbocycles. The quantitative estimate of drug-likeness (QED) is 0.780. The molecule has 0 saturated heterocycles. The number of nitrogens with zero attached hydrogens (tertiary/aromatic N) is 2. The fourth-order valence-electron chi connectivity index (χ4n) is 1.28. The molecule has 1 aromatic rings. The van der Waals surface area contributed by atoms with E-state index >= 15 is 0 Å². The van der Waals surface area contributed by atoms with Crippen LogP contribution in [0.4, 0.5) is 8.78 Å². The van der Waals surface area contributed by atoms with Crippen molar-refractivity contribution in [1.82, 2.24) is 14.9 Å². The number of hydrogen-bond donors (Lipinski definition) is 1. The number of nitrogens with one attached hydrogen (secondary N) is 1. The first kappa shape index (κ1) is 13.1. The first-order valence-electron chi connectivity index (χ1n) is 5.26. The van der Waals surface area contributed by atoms with Crippen molar-refractivity contribution < 1.29 is 13.5 Å². The molecule has 1 atom stereocenters. The zero-order valence-electron chi connectivity index (χ0n) is 9.49. The van der Waals surface area contributed by atoms with E-state index in [9.17, 15) is 8.78 Å². The zero-order chi connectivity index (χ0) is 12.0. The molecule has 1 unspecified atom stereocenters. The van der Waals surface area contributed by atoms with E-state index in [-0.39, 0.29) is 6.04 Å². The van der Waals surface area contributed by atoms with Gasteiger partial charge in [0, 0.05) is 25.0 Å². The molecule has 1 aromatic heterocycles. The third-order valence-electron chi connectivity index (χ3n) is 2.14. The van der Waals surface area contributed by atoms with Gasteiger partial charge in [-0.15, -0.1) is 0 Å². The minimum Gasteiger partial charge on any atom is -0.380 e. The lowest BCUT2D eigenvalue weighted by atomic mass is 10.3. The molecule has 0 aromatic carbocycles. The maximum atomic E-state index is 12.5. The molecule has 1 N–H and O–H groups in total. The lowest BCUT2D eigenvalue weighted by Crippen LogP contribution is -2.31. The van der Waals surface area contributed by atoms with Crippen molar-refractivity contribution in [1.29, 1.82) is 0 Å². The van der Waals surface area contributed by atoms with Gasteiger partial charge in [0.25, 0.3) is 0 Å². The topological polar surface area (TPSA) is 39.1 Å². The molecule has 0 amide bonds. The van der Waals surface area contributed by atoms with Crippen LogP contribution in [0.1, 0.15) is 26.2 Å². The third-order valence-corrected chi connectivity index (χ3v) is 2.14. The standard InChI is InChI=1S/C10H17F2N3O/c1-3-16-7-8(2)14-6-9-13-4-5-15(9)10(11)12/h4-5,8,10,14H,3,6-7H2,1-2H3. The maximum absolute atomic E-state index is 12.5. The monoisotopic (exact) mass is 233 g/mol. The van der Waals surface area contributed by atoms with Crippen LogP contribution in [0.3, 0.4) is 0 Å². The van der Waals surface area contributed by atoms with Crippen molar-refractivity contribution in [2.45, 2.75) is 33.0 Å². The van der Waals surface area contributed by atoms with E-state index in [1.165, 1.54) is 12.4 Å². The second-order valence-corrected chi connectivity index (χ2v) is 3.47. The fourth-order valence-corrected chi connectivity index (χ4v) is 1.28. The average Bonchev–Trinajstić information content (AvgIpc) is 2.71.